The van der Waals surface area contributed by atoms with Gasteiger partial charge in [-0.25, -0.2) is 4.79 Å². The molecule has 4 nitrogen and oxygen atoms in total. The van der Waals surface area contributed by atoms with Gasteiger partial charge in [0.2, 0.25) is 0 Å². The van der Waals surface area contributed by atoms with E-state index in [1.54, 1.807) is 0 Å². The largest absolute Gasteiger partial charge is 0.465 e. The molecule has 1 N–H and O–H groups in total. The number of hydrogen-bond acceptors (Lipinski definition) is 2. The molecule has 0 saturated carbocycles. The molecular formula is C7H13NO3. The molecule has 0 aromatic carbocycles. The van der Waals surface area contributed by atoms with E-state index in [9.17, 15) is 4.79 Å². The number of ether oxygens (including phenoxy) is 1. The molecule has 1 aliphatic heterocycles. The molecule has 0 aromatic heterocycles. The molecule has 1 amide bonds. The summed E-state index contributed by atoms with van der Waals surface area (Å²) in [7, 11) is 0. The summed E-state index contributed by atoms with van der Waals surface area (Å²) in [6.07, 6.45) is -0.840. The van der Waals surface area contributed by atoms with Crippen molar-refractivity contribution < 1.29 is 14.6 Å². The third-order valence-electron chi connectivity index (χ3n) is 2.13. The Morgan fingerprint density at radius 2 is 2.27 bits per heavy atom. The van der Waals surface area contributed by atoms with Gasteiger partial charge in [0.05, 0.1) is 18.8 Å². The van der Waals surface area contributed by atoms with Crippen LogP contribution in [0, 0.1) is 0 Å². The molecular weight excluding hydrogens is 146 g/mol. The summed E-state index contributed by atoms with van der Waals surface area (Å²) in [6.45, 7) is 4.75. The standard InChI is InChI=1S/C7H13NO3/c1-5-6(2)11-4-3-8(5)7(9)10/h5-6H,3-4H2,1-2H3,(H,9,10). The van der Waals surface area contributed by atoms with Gasteiger partial charge < -0.3 is 14.7 Å². The number of morpholine rings is 1. The second-order valence-electron chi connectivity index (χ2n) is 2.79. The minimum Gasteiger partial charge on any atom is -0.465 e. The molecule has 11 heavy (non-hydrogen) atoms. The van der Waals surface area contributed by atoms with Crippen LogP contribution in [0.15, 0.2) is 0 Å². The lowest BCUT2D eigenvalue weighted by Crippen LogP contribution is -2.50. The van der Waals surface area contributed by atoms with Gasteiger partial charge in [0, 0.05) is 6.54 Å². The lowest BCUT2D eigenvalue weighted by molar-refractivity contribution is -0.0457. The van der Waals surface area contributed by atoms with Crippen LogP contribution in [0.2, 0.25) is 0 Å². The number of rotatable bonds is 0. The van der Waals surface area contributed by atoms with E-state index in [2.05, 4.69) is 0 Å². The predicted octanol–water partition coefficient (Wildman–Crippen LogP) is 0.774. The molecule has 1 saturated heterocycles. The van der Waals surface area contributed by atoms with Crippen LogP contribution in [-0.4, -0.2) is 41.4 Å². The van der Waals surface area contributed by atoms with Crippen LogP contribution < -0.4 is 0 Å². The lowest BCUT2D eigenvalue weighted by Gasteiger charge is -2.35. The normalized spacial score (nSPS) is 32.0. The van der Waals surface area contributed by atoms with Gasteiger partial charge in [0.25, 0.3) is 0 Å². The van der Waals surface area contributed by atoms with Crippen molar-refractivity contribution in [2.45, 2.75) is 26.0 Å². The van der Waals surface area contributed by atoms with Gasteiger partial charge in [-0.05, 0) is 13.8 Å². The highest BCUT2D eigenvalue weighted by Gasteiger charge is 2.28. The molecule has 0 radical (unpaired) electrons. The Morgan fingerprint density at radius 1 is 1.64 bits per heavy atom. The number of carboxylic acid groups (broad SMARTS) is 1. The lowest BCUT2D eigenvalue weighted by atomic mass is 10.1. The van der Waals surface area contributed by atoms with E-state index in [1.165, 1.54) is 4.90 Å². The summed E-state index contributed by atoms with van der Waals surface area (Å²) in [4.78, 5) is 12.0. The summed E-state index contributed by atoms with van der Waals surface area (Å²) >= 11 is 0. The van der Waals surface area contributed by atoms with Gasteiger partial charge in [-0.1, -0.05) is 0 Å². The maximum Gasteiger partial charge on any atom is 0.407 e. The maximum atomic E-state index is 10.6. The van der Waals surface area contributed by atoms with Crippen molar-refractivity contribution in [1.82, 2.24) is 4.90 Å². The van der Waals surface area contributed by atoms with Gasteiger partial charge in [-0.3, -0.25) is 0 Å². The molecule has 0 aromatic rings. The average Bonchev–Trinajstić information content (AvgIpc) is 1.94. The van der Waals surface area contributed by atoms with Crippen LogP contribution in [0.1, 0.15) is 13.8 Å². The Kier molecular flexibility index (Phi) is 2.34. The van der Waals surface area contributed by atoms with Crippen LogP contribution in [-0.2, 0) is 4.74 Å². The quantitative estimate of drug-likeness (QED) is 0.568. The van der Waals surface area contributed by atoms with Crippen LogP contribution in [0.4, 0.5) is 4.79 Å². The highest BCUT2D eigenvalue weighted by Crippen LogP contribution is 2.12. The van der Waals surface area contributed by atoms with Gasteiger partial charge in [-0.15, -0.1) is 0 Å². The topological polar surface area (TPSA) is 49.8 Å². The van der Waals surface area contributed by atoms with Crippen molar-refractivity contribution in [3.63, 3.8) is 0 Å². The Balaban J connectivity index is 2.58. The van der Waals surface area contributed by atoms with Crippen molar-refractivity contribution in [1.29, 1.82) is 0 Å². The van der Waals surface area contributed by atoms with E-state index in [4.69, 9.17) is 9.84 Å². The Morgan fingerprint density at radius 3 is 2.73 bits per heavy atom. The van der Waals surface area contributed by atoms with E-state index >= 15 is 0 Å². The molecule has 0 spiro atoms. The minimum absolute atomic E-state index is 0.0137. The van der Waals surface area contributed by atoms with E-state index in [1.807, 2.05) is 13.8 Å². The van der Waals surface area contributed by atoms with Crippen LogP contribution >= 0.6 is 0 Å². The molecule has 1 aliphatic rings. The highest BCUT2D eigenvalue weighted by molar-refractivity contribution is 5.65. The third-order valence-corrected chi connectivity index (χ3v) is 2.13. The molecule has 2 atom stereocenters. The number of amides is 1. The molecule has 0 aliphatic carbocycles. The maximum absolute atomic E-state index is 10.6. The van der Waals surface area contributed by atoms with Crippen molar-refractivity contribution in [3.8, 4) is 0 Å². The summed E-state index contributed by atoms with van der Waals surface area (Å²) in [5.41, 5.74) is 0. The van der Waals surface area contributed by atoms with Gasteiger partial charge in [0.15, 0.2) is 0 Å². The molecule has 64 valence electrons. The first-order valence-corrected chi connectivity index (χ1v) is 3.74. The summed E-state index contributed by atoms with van der Waals surface area (Å²) in [6, 6.07) is -0.0266. The SMILES string of the molecule is CC1OCCN(C(=O)O)C1C. The molecule has 2 unspecified atom stereocenters. The van der Waals surface area contributed by atoms with Crippen molar-refractivity contribution in [2.75, 3.05) is 13.2 Å². The molecule has 1 heterocycles. The van der Waals surface area contributed by atoms with Crippen LogP contribution in [0.3, 0.4) is 0 Å². The Bertz CT molecular complexity index is 160. The van der Waals surface area contributed by atoms with Crippen molar-refractivity contribution in [3.05, 3.63) is 0 Å². The summed E-state index contributed by atoms with van der Waals surface area (Å²) < 4.78 is 5.27. The zero-order valence-electron chi connectivity index (χ0n) is 6.78. The van der Waals surface area contributed by atoms with E-state index in [0.29, 0.717) is 13.2 Å². The second kappa shape index (κ2) is 3.09. The predicted molar refractivity (Wildman–Crippen MR) is 39.6 cm³/mol. The Hall–Kier alpha value is -0.770. The number of hydrogen-bond donors (Lipinski definition) is 1. The van der Waals surface area contributed by atoms with Crippen molar-refractivity contribution in [2.24, 2.45) is 0 Å². The van der Waals surface area contributed by atoms with E-state index in [-0.39, 0.29) is 12.1 Å². The first-order chi connectivity index (χ1) is 5.13. The fourth-order valence-corrected chi connectivity index (χ4v) is 1.20. The van der Waals surface area contributed by atoms with Crippen LogP contribution in [0.5, 0.6) is 0 Å². The van der Waals surface area contributed by atoms with E-state index < -0.39 is 6.09 Å². The fraction of sp³-hybridized carbons (Fsp3) is 0.857. The summed E-state index contributed by atoms with van der Waals surface area (Å²) in [5.74, 6) is 0. The second-order valence-corrected chi connectivity index (χ2v) is 2.79. The zero-order chi connectivity index (χ0) is 8.43. The van der Waals surface area contributed by atoms with Gasteiger partial charge in [-0.2, -0.15) is 0 Å². The molecule has 1 rings (SSSR count). The average molecular weight is 159 g/mol. The first kappa shape index (κ1) is 8.33. The highest BCUT2D eigenvalue weighted by atomic mass is 16.5. The Labute approximate surface area is 65.8 Å². The number of nitrogens with zero attached hydrogens (tertiary/aromatic N) is 1. The number of carbonyl (C=O) groups is 1. The van der Waals surface area contributed by atoms with Crippen molar-refractivity contribution >= 4 is 6.09 Å². The molecule has 1 fully saturated rings. The minimum atomic E-state index is -0.854. The molecule has 4 heteroatoms. The summed E-state index contributed by atoms with van der Waals surface area (Å²) in [5, 5.41) is 8.70. The molecule has 0 bridgehead atoms. The van der Waals surface area contributed by atoms with Gasteiger partial charge >= 0.3 is 6.09 Å². The fourth-order valence-electron chi connectivity index (χ4n) is 1.20. The third kappa shape index (κ3) is 1.63. The van der Waals surface area contributed by atoms with Gasteiger partial charge in [0.1, 0.15) is 0 Å². The smallest absolute Gasteiger partial charge is 0.407 e. The van der Waals surface area contributed by atoms with Crippen LogP contribution in [0.25, 0.3) is 0 Å². The zero-order valence-corrected chi connectivity index (χ0v) is 6.78. The monoisotopic (exact) mass is 159 g/mol. The first-order valence-electron chi connectivity index (χ1n) is 3.74. The van der Waals surface area contributed by atoms with E-state index in [0.717, 1.165) is 0 Å².